The van der Waals surface area contributed by atoms with Gasteiger partial charge in [0.15, 0.2) is 0 Å². The van der Waals surface area contributed by atoms with Gasteiger partial charge >= 0.3 is 0 Å². The molecule has 9 aromatic rings. The Morgan fingerprint density at radius 2 is 0.795 bits per heavy atom. The van der Waals surface area contributed by atoms with Crippen molar-refractivity contribution in [3.05, 3.63) is 170 Å². The van der Waals surface area contributed by atoms with Crippen molar-refractivity contribution in [3.8, 4) is 33.6 Å². The van der Waals surface area contributed by atoms with Gasteiger partial charge in [0.05, 0.1) is 28.9 Å². The fraction of sp³-hybridized carbons (Fsp3) is 0. The molecule has 0 fully saturated rings. The van der Waals surface area contributed by atoms with Crippen molar-refractivity contribution in [2.75, 3.05) is 0 Å². The van der Waals surface area contributed by atoms with Crippen LogP contribution in [0.4, 0.5) is 0 Å². The predicted octanol–water partition coefficient (Wildman–Crippen LogP) is 11.2. The molecule has 0 unspecified atom stereocenters. The van der Waals surface area contributed by atoms with Crippen LogP contribution in [0.2, 0.25) is 0 Å². The van der Waals surface area contributed by atoms with Crippen molar-refractivity contribution < 1.29 is 6.85 Å². The Balaban J connectivity index is 1.27. The summed E-state index contributed by atoms with van der Waals surface area (Å²) in [5.41, 5.74) is 9.45. The van der Waals surface area contributed by atoms with Gasteiger partial charge in [0, 0.05) is 32.9 Å². The molecule has 9 rings (SSSR count). The van der Waals surface area contributed by atoms with E-state index in [0.29, 0.717) is 5.56 Å². The Kier molecular flexibility index (Phi) is 4.51. The SMILES string of the molecule is [2H]c1c([2H])c([2H])c(-c2ccc(-n3c4ccccc4c4cc5c6ccccc6n(-c6ccc(-c7ccccc7)cc6)c5cc43)cc2)c([2H])c1[2H]. The summed E-state index contributed by atoms with van der Waals surface area (Å²) in [6.45, 7) is 0. The molecular weight excluding hydrogens is 532 g/mol. The lowest BCUT2D eigenvalue weighted by atomic mass is 10.1. The third-order valence-corrected chi connectivity index (χ3v) is 8.61. The maximum Gasteiger partial charge on any atom is 0.0629 e. The van der Waals surface area contributed by atoms with Gasteiger partial charge in [-0.25, -0.2) is 0 Å². The summed E-state index contributed by atoms with van der Waals surface area (Å²) in [6.07, 6.45) is 0. The number of para-hydroxylation sites is 2. The zero-order chi connectivity index (χ0) is 33.4. The van der Waals surface area contributed by atoms with Gasteiger partial charge < -0.3 is 9.13 Å². The van der Waals surface area contributed by atoms with Gasteiger partial charge in [-0.3, -0.25) is 0 Å². The molecule has 0 radical (unpaired) electrons. The second-order valence-electron chi connectivity index (χ2n) is 11.1. The Hall–Kier alpha value is -5.86. The van der Waals surface area contributed by atoms with Crippen LogP contribution in [-0.2, 0) is 0 Å². The first-order chi connectivity index (χ1) is 23.9. The smallest absolute Gasteiger partial charge is 0.0629 e. The average Bonchev–Trinajstić information content (AvgIpc) is 3.65. The van der Waals surface area contributed by atoms with Crippen LogP contribution < -0.4 is 0 Å². The van der Waals surface area contributed by atoms with Crippen LogP contribution in [0, 0.1) is 0 Å². The van der Waals surface area contributed by atoms with Crippen LogP contribution in [0.3, 0.4) is 0 Å². The van der Waals surface area contributed by atoms with Gasteiger partial charge in [-0.2, -0.15) is 0 Å². The topological polar surface area (TPSA) is 9.86 Å². The van der Waals surface area contributed by atoms with Crippen molar-refractivity contribution in [3.63, 3.8) is 0 Å². The van der Waals surface area contributed by atoms with Crippen LogP contribution in [0.15, 0.2) is 170 Å². The first kappa shape index (κ1) is 20.1. The summed E-state index contributed by atoms with van der Waals surface area (Å²) < 4.78 is 45.8. The Morgan fingerprint density at radius 1 is 0.341 bits per heavy atom. The second kappa shape index (κ2) is 9.86. The molecule has 0 saturated heterocycles. The van der Waals surface area contributed by atoms with E-state index in [1.165, 1.54) is 21.9 Å². The van der Waals surface area contributed by atoms with E-state index in [2.05, 4.69) is 112 Å². The Bertz CT molecular complexity index is 2710. The summed E-state index contributed by atoms with van der Waals surface area (Å²) in [4.78, 5) is 0. The lowest BCUT2D eigenvalue weighted by Crippen LogP contribution is -1.96. The molecule has 0 atom stereocenters. The maximum atomic E-state index is 8.47. The highest BCUT2D eigenvalue weighted by molar-refractivity contribution is 6.19. The minimum atomic E-state index is -0.392. The van der Waals surface area contributed by atoms with Gasteiger partial charge in [-0.1, -0.05) is 121 Å². The third-order valence-electron chi connectivity index (χ3n) is 8.61. The molecular formula is C42H28N2. The Labute approximate surface area is 262 Å². The number of nitrogens with zero attached hydrogens (tertiary/aromatic N) is 2. The van der Waals surface area contributed by atoms with Gasteiger partial charge in [0.25, 0.3) is 0 Å². The highest BCUT2D eigenvalue weighted by atomic mass is 15.0. The number of aromatic nitrogens is 2. The molecule has 0 saturated carbocycles. The fourth-order valence-electron chi connectivity index (χ4n) is 6.59. The van der Waals surface area contributed by atoms with E-state index >= 15 is 0 Å². The first-order valence-electron chi connectivity index (χ1n) is 17.2. The molecule has 0 aliphatic heterocycles. The lowest BCUT2D eigenvalue weighted by Gasteiger charge is -2.11. The second-order valence-corrected chi connectivity index (χ2v) is 11.1. The minimum absolute atomic E-state index is 0.198. The number of benzene rings is 7. The molecule has 0 aliphatic rings. The lowest BCUT2D eigenvalue weighted by molar-refractivity contribution is 1.16. The monoisotopic (exact) mass is 565 g/mol. The third kappa shape index (κ3) is 3.82. The number of rotatable bonds is 4. The number of hydrogen-bond donors (Lipinski definition) is 0. The van der Waals surface area contributed by atoms with E-state index in [-0.39, 0.29) is 29.7 Å². The van der Waals surface area contributed by atoms with E-state index in [1.807, 2.05) is 36.4 Å². The summed E-state index contributed by atoms with van der Waals surface area (Å²) in [7, 11) is 0. The van der Waals surface area contributed by atoms with Crippen molar-refractivity contribution in [2.45, 2.75) is 0 Å². The van der Waals surface area contributed by atoms with E-state index in [4.69, 9.17) is 6.85 Å². The summed E-state index contributed by atoms with van der Waals surface area (Å²) in [6, 6.07) is 46.8. The molecule has 0 bridgehead atoms. The highest BCUT2D eigenvalue weighted by Crippen LogP contribution is 2.40. The predicted molar refractivity (Wildman–Crippen MR) is 186 cm³/mol. The summed E-state index contributed by atoms with van der Waals surface area (Å²) >= 11 is 0. The highest BCUT2D eigenvalue weighted by Gasteiger charge is 2.18. The summed E-state index contributed by atoms with van der Waals surface area (Å²) in [5, 5.41) is 4.64. The molecule has 206 valence electrons. The summed E-state index contributed by atoms with van der Waals surface area (Å²) in [5.74, 6) is 0. The molecule has 0 amide bonds. The molecule has 2 heteroatoms. The quantitative estimate of drug-likeness (QED) is 0.201. The van der Waals surface area contributed by atoms with Crippen molar-refractivity contribution in [1.82, 2.24) is 9.13 Å². The standard InChI is InChI=1S/C42H28N2/c1-3-11-29(12-4-1)31-19-23-33(24-20-31)43-39-17-9-7-15-35(39)37-27-38-36-16-8-10-18-40(36)44(42(38)28-41(37)43)34-25-21-32(22-26-34)30-13-5-2-6-14-30/h1-28H/i1D,3D,4D,11D,12D. The van der Waals surface area contributed by atoms with Gasteiger partial charge in [-0.15, -0.1) is 0 Å². The van der Waals surface area contributed by atoms with E-state index in [9.17, 15) is 0 Å². The fourth-order valence-corrected chi connectivity index (χ4v) is 6.59. The minimum Gasteiger partial charge on any atom is -0.309 e. The van der Waals surface area contributed by atoms with E-state index < -0.39 is 6.04 Å². The van der Waals surface area contributed by atoms with Crippen LogP contribution in [-0.4, -0.2) is 9.13 Å². The molecule has 44 heavy (non-hydrogen) atoms. The van der Waals surface area contributed by atoms with Crippen LogP contribution >= 0.6 is 0 Å². The zero-order valence-corrected chi connectivity index (χ0v) is 23.7. The molecule has 0 aliphatic carbocycles. The van der Waals surface area contributed by atoms with Gasteiger partial charge in [0.2, 0.25) is 0 Å². The van der Waals surface area contributed by atoms with Crippen molar-refractivity contribution in [2.24, 2.45) is 0 Å². The van der Waals surface area contributed by atoms with Crippen molar-refractivity contribution in [1.29, 1.82) is 0 Å². The Morgan fingerprint density at radius 3 is 1.34 bits per heavy atom. The van der Waals surface area contributed by atoms with E-state index in [0.717, 1.165) is 44.2 Å². The number of fused-ring (bicyclic) bond motifs is 6. The van der Waals surface area contributed by atoms with Crippen molar-refractivity contribution >= 4 is 43.6 Å². The molecule has 0 N–H and O–H groups in total. The number of hydrogen-bond acceptors (Lipinski definition) is 0. The molecule has 7 aromatic carbocycles. The van der Waals surface area contributed by atoms with Crippen LogP contribution in [0.25, 0.3) is 77.2 Å². The van der Waals surface area contributed by atoms with Crippen LogP contribution in [0.5, 0.6) is 0 Å². The van der Waals surface area contributed by atoms with Crippen LogP contribution in [0.1, 0.15) is 6.85 Å². The molecule has 2 heterocycles. The zero-order valence-electron chi connectivity index (χ0n) is 28.7. The normalized spacial score (nSPS) is 13.2. The maximum absolute atomic E-state index is 8.47. The largest absolute Gasteiger partial charge is 0.309 e. The molecule has 0 spiro atoms. The first-order valence-corrected chi connectivity index (χ1v) is 14.7. The molecule has 2 aromatic heterocycles. The average molecular weight is 566 g/mol. The van der Waals surface area contributed by atoms with Gasteiger partial charge in [0.1, 0.15) is 0 Å². The van der Waals surface area contributed by atoms with E-state index in [1.54, 1.807) is 0 Å². The molecule has 2 nitrogen and oxygen atoms in total. The van der Waals surface area contributed by atoms with Gasteiger partial charge in [-0.05, 0) is 70.8 Å².